The molecule has 2 aromatic heterocycles. The third-order valence-corrected chi connectivity index (χ3v) is 3.88. The molecule has 3 nitrogen and oxygen atoms in total. The molecule has 90 valence electrons. The Morgan fingerprint density at radius 2 is 2.17 bits per heavy atom. The predicted molar refractivity (Wildman–Crippen MR) is 73.8 cm³/mol. The van der Waals surface area contributed by atoms with Gasteiger partial charge < -0.3 is 10.3 Å². The Morgan fingerprint density at radius 1 is 1.28 bits per heavy atom. The summed E-state index contributed by atoms with van der Waals surface area (Å²) in [7, 11) is 0. The van der Waals surface area contributed by atoms with Crippen LogP contribution in [0.5, 0.6) is 0 Å². The second kappa shape index (κ2) is 4.66. The van der Waals surface area contributed by atoms with Crippen molar-refractivity contribution in [3.63, 3.8) is 0 Å². The molecule has 0 aliphatic carbocycles. The Kier molecular flexibility index (Phi) is 2.86. The maximum Gasteiger partial charge on any atom is 0.261 e. The van der Waals surface area contributed by atoms with Gasteiger partial charge in [-0.2, -0.15) is 0 Å². The number of rotatable bonds is 3. The van der Waals surface area contributed by atoms with Gasteiger partial charge in [0.2, 0.25) is 0 Å². The molecule has 0 saturated carbocycles. The first-order chi connectivity index (χ1) is 8.83. The van der Waals surface area contributed by atoms with Crippen LogP contribution in [0, 0.1) is 0 Å². The van der Waals surface area contributed by atoms with E-state index in [1.165, 1.54) is 11.3 Å². The summed E-state index contributed by atoms with van der Waals surface area (Å²) in [5, 5.41) is 4.03. The van der Waals surface area contributed by atoms with E-state index in [1.807, 2.05) is 48.8 Å². The van der Waals surface area contributed by atoms with Gasteiger partial charge in [0.1, 0.15) is 0 Å². The molecule has 3 aromatic rings. The second-order valence-corrected chi connectivity index (χ2v) is 5.13. The van der Waals surface area contributed by atoms with Crippen molar-refractivity contribution in [1.29, 1.82) is 0 Å². The standard InChI is InChI=1S/C14H12N2OS/c17-14(16-9-10-5-6-15-8-10)13-7-11-3-1-2-4-12(11)18-13/h1-8,15H,9H2,(H,16,17). The zero-order valence-corrected chi connectivity index (χ0v) is 10.5. The number of carbonyl (C=O) groups excluding carboxylic acids is 1. The number of carbonyl (C=O) groups is 1. The fourth-order valence-corrected chi connectivity index (χ4v) is 2.81. The van der Waals surface area contributed by atoms with E-state index in [0.717, 1.165) is 20.5 Å². The van der Waals surface area contributed by atoms with Gasteiger partial charge in [0.05, 0.1) is 4.88 Å². The van der Waals surface area contributed by atoms with Crippen LogP contribution >= 0.6 is 11.3 Å². The van der Waals surface area contributed by atoms with Crippen molar-refractivity contribution in [2.45, 2.75) is 6.54 Å². The van der Waals surface area contributed by atoms with Crippen molar-refractivity contribution in [2.24, 2.45) is 0 Å². The zero-order valence-electron chi connectivity index (χ0n) is 9.64. The molecule has 2 heterocycles. The lowest BCUT2D eigenvalue weighted by Gasteiger charge is -2.00. The van der Waals surface area contributed by atoms with Crippen LogP contribution in [-0.2, 0) is 6.54 Å². The number of H-pyrrole nitrogens is 1. The number of amides is 1. The highest BCUT2D eigenvalue weighted by atomic mass is 32.1. The minimum absolute atomic E-state index is 0.0163. The maximum atomic E-state index is 12.0. The van der Waals surface area contributed by atoms with Gasteiger partial charge in [-0.3, -0.25) is 4.79 Å². The average molecular weight is 256 g/mol. The predicted octanol–water partition coefficient (Wildman–Crippen LogP) is 3.16. The summed E-state index contributed by atoms with van der Waals surface area (Å²) >= 11 is 1.52. The van der Waals surface area contributed by atoms with E-state index in [9.17, 15) is 4.79 Å². The van der Waals surface area contributed by atoms with Crippen molar-refractivity contribution >= 4 is 27.3 Å². The largest absolute Gasteiger partial charge is 0.367 e. The first kappa shape index (κ1) is 11.0. The molecule has 2 N–H and O–H groups in total. The summed E-state index contributed by atoms with van der Waals surface area (Å²) in [6.07, 6.45) is 3.73. The minimum atomic E-state index is -0.0163. The molecule has 0 saturated heterocycles. The maximum absolute atomic E-state index is 12.0. The van der Waals surface area contributed by atoms with Crippen LogP contribution in [0.4, 0.5) is 0 Å². The molecule has 0 aliphatic rings. The summed E-state index contributed by atoms with van der Waals surface area (Å²) in [6.45, 7) is 0.552. The molecule has 0 radical (unpaired) electrons. The van der Waals surface area contributed by atoms with Crippen LogP contribution in [0.15, 0.2) is 48.8 Å². The van der Waals surface area contributed by atoms with Gasteiger partial charge >= 0.3 is 0 Å². The number of hydrogen-bond donors (Lipinski definition) is 2. The molecule has 0 spiro atoms. The van der Waals surface area contributed by atoms with E-state index in [1.54, 1.807) is 0 Å². The molecule has 0 aliphatic heterocycles. The Labute approximate surface area is 108 Å². The van der Waals surface area contributed by atoms with Crippen LogP contribution in [0.3, 0.4) is 0 Å². The van der Waals surface area contributed by atoms with Crippen LogP contribution in [0.2, 0.25) is 0 Å². The van der Waals surface area contributed by atoms with Crippen LogP contribution < -0.4 is 5.32 Å². The molecular formula is C14H12N2OS. The van der Waals surface area contributed by atoms with Crippen molar-refractivity contribution in [2.75, 3.05) is 0 Å². The first-order valence-corrected chi connectivity index (χ1v) is 6.53. The third-order valence-electron chi connectivity index (χ3n) is 2.76. The Morgan fingerprint density at radius 3 is 2.94 bits per heavy atom. The normalized spacial score (nSPS) is 10.7. The Bertz CT molecular complexity index is 637. The highest BCUT2D eigenvalue weighted by molar-refractivity contribution is 7.20. The average Bonchev–Trinajstić information content (AvgIpc) is 3.04. The smallest absolute Gasteiger partial charge is 0.261 e. The molecular weight excluding hydrogens is 244 g/mol. The number of benzene rings is 1. The highest BCUT2D eigenvalue weighted by Gasteiger charge is 2.09. The molecule has 0 fully saturated rings. The van der Waals surface area contributed by atoms with Gasteiger partial charge in [0.15, 0.2) is 0 Å². The Hall–Kier alpha value is -2.07. The third kappa shape index (κ3) is 2.15. The topological polar surface area (TPSA) is 44.9 Å². The SMILES string of the molecule is O=C(NCc1cc[nH]c1)c1cc2ccccc2s1. The second-order valence-electron chi connectivity index (χ2n) is 4.05. The summed E-state index contributed by atoms with van der Waals surface area (Å²) in [5.41, 5.74) is 1.07. The lowest BCUT2D eigenvalue weighted by Crippen LogP contribution is -2.21. The lowest BCUT2D eigenvalue weighted by atomic mass is 10.2. The number of aromatic amines is 1. The quantitative estimate of drug-likeness (QED) is 0.743. The Balaban J connectivity index is 1.75. The molecule has 1 amide bonds. The molecule has 4 heteroatoms. The van der Waals surface area contributed by atoms with E-state index < -0.39 is 0 Å². The molecule has 0 bridgehead atoms. The molecule has 0 unspecified atom stereocenters. The molecule has 0 atom stereocenters. The number of aromatic nitrogens is 1. The van der Waals surface area contributed by atoms with Crippen molar-refractivity contribution < 1.29 is 4.79 Å². The molecule has 3 rings (SSSR count). The summed E-state index contributed by atoms with van der Waals surface area (Å²) in [6, 6.07) is 11.9. The van der Waals surface area contributed by atoms with Crippen LogP contribution in [0.25, 0.3) is 10.1 Å². The summed E-state index contributed by atoms with van der Waals surface area (Å²) < 4.78 is 1.14. The molecule has 1 aromatic carbocycles. The van der Waals surface area contributed by atoms with E-state index in [-0.39, 0.29) is 5.91 Å². The van der Waals surface area contributed by atoms with E-state index in [0.29, 0.717) is 6.54 Å². The summed E-state index contributed by atoms with van der Waals surface area (Å²) in [5.74, 6) is -0.0163. The van der Waals surface area contributed by atoms with Gasteiger partial charge in [-0.25, -0.2) is 0 Å². The van der Waals surface area contributed by atoms with Gasteiger partial charge in [-0.15, -0.1) is 11.3 Å². The van der Waals surface area contributed by atoms with Crippen molar-refractivity contribution in [3.05, 3.63) is 59.2 Å². The van der Waals surface area contributed by atoms with Gasteiger partial charge in [0.25, 0.3) is 5.91 Å². The number of nitrogens with one attached hydrogen (secondary N) is 2. The fraction of sp³-hybridized carbons (Fsp3) is 0.0714. The van der Waals surface area contributed by atoms with Gasteiger partial charge in [-0.05, 0) is 29.1 Å². The minimum Gasteiger partial charge on any atom is -0.367 e. The monoisotopic (exact) mass is 256 g/mol. The summed E-state index contributed by atoms with van der Waals surface area (Å²) in [4.78, 5) is 15.7. The number of hydrogen-bond acceptors (Lipinski definition) is 2. The first-order valence-electron chi connectivity index (χ1n) is 5.71. The van der Waals surface area contributed by atoms with E-state index in [4.69, 9.17) is 0 Å². The van der Waals surface area contributed by atoms with Crippen molar-refractivity contribution in [3.8, 4) is 0 Å². The van der Waals surface area contributed by atoms with Crippen molar-refractivity contribution in [1.82, 2.24) is 10.3 Å². The zero-order chi connectivity index (χ0) is 12.4. The fourth-order valence-electron chi connectivity index (χ4n) is 1.83. The van der Waals surface area contributed by atoms with Gasteiger partial charge in [0, 0.05) is 23.6 Å². The lowest BCUT2D eigenvalue weighted by molar-refractivity contribution is 0.0955. The van der Waals surface area contributed by atoms with Crippen LogP contribution in [0.1, 0.15) is 15.2 Å². The molecule has 18 heavy (non-hydrogen) atoms. The van der Waals surface area contributed by atoms with E-state index in [2.05, 4.69) is 10.3 Å². The van der Waals surface area contributed by atoms with Gasteiger partial charge in [-0.1, -0.05) is 18.2 Å². The number of thiophene rings is 1. The van der Waals surface area contributed by atoms with E-state index >= 15 is 0 Å². The number of fused-ring (bicyclic) bond motifs is 1. The highest BCUT2D eigenvalue weighted by Crippen LogP contribution is 2.25. The van der Waals surface area contributed by atoms with Crippen LogP contribution in [-0.4, -0.2) is 10.9 Å².